The van der Waals surface area contributed by atoms with Crippen LogP contribution in [0.3, 0.4) is 0 Å². The summed E-state index contributed by atoms with van der Waals surface area (Å²) in [4.78, 5) is 17.4. The Kier molecular flexibility index (Phi) is 3.88. The zero-order valence-electron chi connectivity index (χ0n) is 9.57. The van der Waals surface area contributed by atoms with E-state index in [-0.39, 0.29) is 17.7 Å². The highest BCUT2D eigenvalue weighted by atomic mass is 35.5. The fourth-order valence-electron chi connectivity index (χ4n) is 1.11. The molecule has 1 rings (SSSR count). The number of aliphatic hydroxyl groups excluding tert-OH is 1. The van der Waals surface area contributed by atoms with Crippen LogP contribution in [-0.2, 0) is 0 Å². The SMILES string of the molecule is CN(C(=O)c1cccnc1Cl)C(C)(C)CO. The first-order valence-corrected chi connectivity index (χ1v) is 5.27. The van der Waals surface area contributed by atoms with Crippen LogP contribution >= 0.6 is 11.6 Å². The molecule has 5 heteroatoms. The maximum atomic E-state index is 12.1. The van der Waals surface area contributed by atoms with Crippen LogP contribution in [0.25, 0.3) is 0 Å². The first-order chi connectivity index (χ1) is 7.40. The molecule has 88 valence electrons. The number of carbonyl (C=O) groups is 1. The molecule has 0 spiro atoms. The number of rotatable bonds is 3. The van der Waals surface area contributed by atoms with Gasteiger partial charge in [-0.05, 0) is 26.0 Å². The predicted octanol–water partition coefficient (Wildman–Crippen LogP) is 1.58. The zero-order chi connectivity index (χ0) is 12.3. The highest BCUT2D eigenvalue weighted by molar-refractivity contribution is 6.32. The molecule has 0 aliphatic carbocycles. The van der Waals surface area contributed by atoms with Crippen LogP contribution in [0.2, 0.25) is 5.15 Å². The molecule has 1 aromatic rings. The van der Waals surface area contributed by atoms with Gasteiger partial charge in [0.05, 0.1) is 17.7 Å². The van der Waals surface area contributed by atoms with Gasteiger partial charge in [-0.15, -0.1) is 0 Å². The summed E-state index contributed by atoms with van der Waals surface area (Å²) in [5.41, 5.74) is -0.288. The number of carbonyl (C=O) groups excluding carboxylic acids is 1. The van der Waals surface area contributed by atoms with Crippen molar-refractivity contribution in [2.24, 2.45) is 0 Å². The van der Waals surface area contributed by atoms with Crippen molar-refractivity contribution in [3.8, 4) is 0 Å². The van der Waals surface area contributed by atoms with Gasteiger partial charge in [-0.25, -0.2) is 4.98 Å². The fraction of sp³-hybridized carbons (Fsp3) is 0.455. The molecular weight excluding hydrogens is 228 g/mol. The van der Waals surface area contributed by atoms with Crippen LogP contribution in [0.15, 0.2) is 18.3 Å². The lowest BCUT2D eigenvalue weighted by atomic mass is 10.0. The van der Waals surface area contributed by atoms with Gasteiger partial charge in [-0.1, -0.05) is 11.6 Å². The summed E-state index contributed by atoms with van der Waals surface area (Å²) in [7, 11) is 1.63. The van der Waals surface area contributed by atoms with Gasteiger partial charge in [0.15, 0.2) is 0 Å². The van der Waals surface area contributed by atoms with Crippen LogP contribution in [0.5, 0.6) is 0 Å². The second-order valence-electron chi connectivity index (χ2n) is 4.18. The second kappa shape index (κ2) is 4.80. The van der Waals surface area contributed by atoms with E-state index in [4.69, 9.17) is 11.6 Å². The number of halogens is 1. The molecule has 0 aliphatic rings. The highest BCUT2D eigenvalue weighted by Gasteiger charge is 2.28. The van der Waals surface area contributed by atoms with Crippen molar-refractivity contribution >= 4 is 17.5 Å². The van der Waals surface area contributed by atoms with Gasteiger partial charge >= 0.3 is 0 Å². The standard InChI is InChI=1S/C11H15ClN2O2/c1-11(2,7-15)14(3)10(16)8-5-4-6-13-9(8)12/h4-6,15H,7H2,1-3H3. The van der Waals surface area contributed by atoms with Crippen molar-refractivity contribution < 1.29 is 9.90 Å². The Morgan fingerprint density at radius 3 is 2.75 bits per heavy atom. The number of amides is 1. The number of likely N-dealkylation sites (N-methyl/N-ethyl adjacent to an activating group) is 1. The average Bonchev–Trinajstić information content (AvgIpc) is 2.27. The molecule has 16 heavy (non-hydrogen) atoms. The molecule has 1 heterocycles. The molecule has 0 bridgehead atoms. The Morgan fingerprint density at radius 2 is 2.25 bits per heavy atom. The van der Waals surface area contributed by atoms with Gasteiger partial charge in [0.25, 0.3) is 5.91 Å². The van der Waals surface area contributed by atoms with E-state index in [1.807, 2.05) is 0 Å². The van der Waals surface area contributed by atoms with Gasteiger partial charge in [0.1, 0.15) is 5.15 Å². The fourth-order valence-corrected chi connectivity index (χ4v) is 1.31. The summed E-state index contributed by atoms with van der Waals surface area (Å²) in [5, 5.41) is 9.36. The molecule has 0 atom stereocenters. The molecule has 1 N–H and O–H groups in total. The Balaban J connectivity index is 3.00. The highest BCUT2D eigenvalue weighted by Crippen LogP contribution is 2.19. The molecule has 1 amide bonds. The van der Waals surface area contributed by atoms with Crippen LogP contribution in [0.1, 0.15) is 24.2 Å². The minimum absolute atomic E-state index is 0.118. The molecule has 4 nitrogen and oxygen atoms in total. The van der Waals surface area contributed by atoms with Gasteiger partial charge in [-0.3, -0.25) is 4.79 Å². The molecule has 0 aromatic carbocycles. The van der Waals surface area contributed by atoms with Crippen LogP contribution in [0, 0.1) is 0 Å². The summed E-state index contributed by atoms with van der Waals surface area (Å²) in [6, 6.07) is 3.26. The Morgan fingerprint density at radius 1 is 1.62 bits per heavy atom. The summed E-state index contributed by atoms with van der Waals surface area (Å²) < 4.78 is 0. The quantitative estimate of drug-likeness (QED) is 0.819. The lowest BCUT2D eigenvalue weighted by Crippen LogP contribution is -2.47. The van der Waals surface area contributed by atoms with Gasteiger partial charge in [0.2, 0.25) is 0 Å². The third kappa shape index (κ3) is 2.51. The molecule has 0 fully saturated rings. The molecular formula is C11H15ClN2O2. The summed E-state index contributed by atoms with van der Waals surface area (Å²) in [6.45, 7) is 3.43. The largest absolute Gasteiger partial charge is 0.394 e. The van der Waals surface area contributed by atoms with E-state index in [1.54, 1.807) is 33.0 Å². The first-order valence-electron chi connectivity index (χ1n) is 4.89. The first kappa shape index (κ1) is 12.9. The summed E-state index contributed by atoms with van der Waals surface area (Å²) >= 11 is 5.84. The lowest BCUT2D eigenvalue weighted by molar-refractivity contribution is 0.0473. The maximum absolute atomic E-state index is 12.1. The van der Waals surface area contributed by atoms with Crippen LogP contribution in [-0.4, -0.2) is 40.1 Å². The number of pyridine rings is 1. The average molecular weight is 243 g/mol. The Bertz CT molecular complexity index is 393. The molecule has 0 unspecified atom stereocenters. The van der Waals surface area contributed by atoms with Crippen molar-refractivity contribution in [2.75, 3.05) is 13.7 Å². The number of hydrogen-bond acceptors (Lipinski definition) is 3. The number of aromatic nitrogens is 1. The van der Waals surface area contributed by atoms with Gasteiger partial charge in [0, 0.05) is 13.2 Å². The number of nitrogens with zero attached hydrogens (tertiary/aromatic N) is 2. The van der Waals surface area contributed by atoms with Crippen molar-refractivity contribution in [1.82, 2.24) is 9.88 Å². The van der Waals surface area contributed by atoms with E-state index in [2.05, 4.69) is 4.98 Å². The third-order valence-electron chi connectivity index (χ3n) is 2.59. The van der Waals surface area contributed by atoms with Crippen molar-refractivity contribution in [3.63, 3.8) is 0 Å². The van der Waals surface area contributed by atoms with Crippen molar-refractivity contribution in [2.45, 2.75) is 19.4 Å². The van der Waals surface area contributed by atoms with Gasteiger partial charge in [-0.2, -0.15) is 0 Å². The van der Waals surface area contributed by atoms with Crippen LogP contribution < -0.4 is 0 Å². The Labute approximate surface area is 99.9 Å². The van der Waals surface area contributed by atoms with Gasteiger partial charge < -0.3 is 10.0 Å². The molecule has 0 saturated heterocycles. The minimum atomic E-state index is -0.629. The third-order valence-corrected chi connectivity index (χ3v) is 2.89. The van der Waals surface area contributed by atoms with E-state index in [9.17, 15) is 9.90 Å². The zero-order valence-corrected chi connectivity index (χ0v) is 10.3. The lowest BCUT2D eigenvalue weighted by Gasteiger charge is -2.34. The monoisotopic (exact) mass is 242 g/mol. The second-order valence-corrected chi connectivity index (χ2v) is 4.53. The molecule has 0 saturated carbocycles. The van der Waals surface area contributed by atoms with Crippen molar-refractivity contribution in [3.05, 3.63) is 29.0 Å². The van der Waals surface area contributed by atoms with E-state index in [0.29, 0.717) is 5.56 Å². The van der Waals surface area contributed by atoms with E-state index in [1.165, 1.54) is 11.1 Å². The normalized spacial score (nSPS) is 11.3. The predicted molar refractivity (Wildman–Crippen MR) is 62.5 cm³/mol. The van der Waals surface area contributed by atoms with E-state index < -0.39 is 5.54 Å². The van der Waals surface area contributed by atoms with Crippen LogP contribution in [0.4, 0.5) is 0 Å². The molecule has 0 aliphatic heterocycles. The topological polar surface area (TPSA) is 53.4 Å². The number of hydrogen-bond donors (Lipinski definition) is 1. The van der Waals surface area contributed by atoms with Crippen molar-refractivity contribution in [1.29, 1.82) is 0 Å². The number of aliphatic hydroxyl groups is 1. The summed E-state index contributed by atoms with van der Waals surface area (Å²) in [6.07, 6.45) is 1.52. The van der Waals surface area contributed by atoms with E-state index in [0.717, 1.165) is 0 Å². The van der Waals surface area contributed by atoms with E-state index >= 15 is 0 Å². The molecule has 1 aromatic heterocycles. The Hall–Kier alpha value is -1.13. The smallest absolute Gasteiger partial charge is 0.257 e. The maximum Gasteiger partial charge on any atom is 0.257 e. The molecule has 0 radical (unpaired) electrons. The summed E-state index contributed by atoms with van der Waals surface area (Å²) in [5.74, 6) is -0.253. The minimum Gasteiger partial charge on any atom is -0.394 e.